The number of amides is 2. The lowest BCUT2D eigenvalue weighted by atomic mass is 9.98. The number of ether oxygens (including phenoxy) is 1. The van der Waals surface area contributed by atoms with E-state index >= 15 is 0 Å². The highest BCUT2D eigenvalue weighted by molar-refractivity contribution is 7.15. The minimum Gasteiger partial charge on any atom is -0.462 e. The van der Waals surface area contributed by atoms with Gasteiger partial charge in [0.15, 0.2) is 0 Å². The molecule has 8 heteroatoms. The first kappa shape index (κ1) is 23.1. The third-order valence-electron chi connectivity index (χ3n) is 5.86. The number of thiophene rings is 1. The van der Waals surface area contributed by atoms with Crippen LogP contribution in [0.3, 0.4) is 0 Å². The molecule has 3 heterocycles. The number of benzene rings is 1. The molecular formula is C25H30N4O3S. The van der Waals surface area contributed by atoms with Crippen LogP contribution in [0, 0.1) is 0 Å². The van der Waals surface area contributed by atoms with E-state index in [0.717, 1.165) is 31.1 Å². The van der Waals surface area contributed by atoms with Gasteiger partial charge in [-0.1, -0.05) is 13.0 Å². The number of hydrogen-bond donors (Lipinski definition) is 2. The SMILES string of the molecule is CCOC(=O)c1cccc(NC(=O)N[C@H](C)c2c(-n3cccc3)sc3c2CCN(CC)C3)c1. The van der Waals surface area contributed by atoms with Gasteiger partial charge in [0, 0.05) is 41.6 Å². The highest BCUT2D eigenvalue weighted by Crippen LogP contribution is 2.39. The van der Waals surface area contributed by atoms with Crippen molar-refractivity contribution in [3.8, 4) is 5.00 Å². The van der Waals surface area contributed by atoms with E-state index in [4.69, 9.17) is 4.74 Å². The van der Waals surface area contributed by atoms with Gasteiger partial charge in [-0.15, -0.1) is 11.3 Å². The number of esters is 1. The summed E-state index contributed by atoms with van der Waals surface area (Å²) < 4.78 is 7.18. The third kappa shape index (κ3) is 5.12. The maximum Gasteiger partial charge on any atom is 0.338 e. The number of fused-ring (bicyclic) bond motifs is 1. The average Bonchev–Trinajstić information content (AvgIpc) is 3.46. The maximum atomic E-state index is 12.8. The number of nitrogens with one attached hydrogen (secondary N) is 2. The zero-order valence-electron chi connectivity index (χ0n) is 19.3. The summed E-state index contributed by atoms with van der Waals surface area (Å²) in [5, 5.41) is 7.10. The van der Waals surface area contributed by atoms with Crippen molar-refractivity contribution in [2.75, 3.05) is 25.0 Å². The monoisotopic (exact) mass is 466 g/mol. The summed E-state index contributed by atoms with van der Waals surface area (Å²) in [5.41, 5.74) is 3.48. The molecule has 0 bridgehead atoms. The van der Waals surface area contributed by atoms with Crippen molar-refractivity contribution >= 4 is 29.0 Å². The largest absolute Gasteiger partial charge is 0.462 e. The van der Waals surface area contributed by atoms with Gasteiger partial charge in [0.05, 0.1) is 18.2 Å². The van der Waals surface area contributed by atoms with Crippen molar-refractivity contribution in [1.29, 1.82) is 0 Å². The third-order valence-corrected chi connectivity index (χ3v) is 7.10. The number of rotatable bonds is 7. The highest BCUT2D eigenvalue weighted by Gasteiger charge is 2.28. The Balaban J connectivity index is 1.53. The van der Waals surface area contributed by atoms with Crippen LogP contribution < -0.4 is 10.6 Å². The average molecular weight is 467 g/mol. The fourth-order valence-corrected chi connectivity index (χ4v) is 5.67. The first-order chi connectivity index (χ1) is 16.0. The lowest BCUT2D eigenvalue weighted by Crippen LogP contribution is -2.33. The molecule has 0 unspecified atom stereocenters. The predicted molar refractivity (Wildman–Crippen MR) is 131 cm³/mol. The Bertz CT molecular complexity index is 1120. The quantitative estimate of drug-likeness (QED) is 0.482. The number of likely N-dealkylation sites (N-methyl/N-ethyl adjacent to an activating group) is 1. The van der Waals surface area contributed by atoms with Gasteiger partial charge in [-0.3, -0.25) is 4.90 Å². The highest BCUT2D eigenvalue weighted by atomic mass is 32.1. The van der Waals surface area contributed by atoms with E-state index in [9.17, 15) is 9.59 Å². The Morgan fingerprint density at radius 2 is 1.97 bits per heavy atom. The van der Waals surface area contributed by atoms with Gasteiger partial charge in [-0.25, -0.2) is 9.59 Å². The van der Waals surface area contributed by atoms with Crippen LogP contribution in [0.15, 0.2) is 48.8 Å². The summed E-state index contributed by atoms with van der Waals surface area (Å²) in [6.45, 7) is 9.29. The van der Waals surface area contributed by atoms with E-state index in [0.29, 0.717) is 17.9 Å². The molecule has 0 fully saturated rings. The molecule has 174 valence electrons. The Kier molecular flexibility index (Phi) is 7.15. The van der Waals surface area contributed by atoms with Crippen molar-refractivity contribution in [2.24, 2.45) is 0 Å². The van der Waals surface area contributed by atoms with Crippen molar-refractivity contribution in [3.63, 3.8) is 0 Å². The van der Waals surface area contributed by atoms with E-state index in [1.165, 1.54) is 16.0 Å². The minimum absolute atomic E-state index is 0.177. The van der Waals surface area contributed by atoms with Gasteiger partial charge in [-0.05, 0) is 62.7 Å². The molecule has 0 saturated heterocycles. The molecule has 0 aliphatic carbocycles. The summed E-state index contributed by atoms with van der Waals surface area (Å²) in [7, 11) is 0. The lowest BCUT2D eigenvalue weighted by Gasteiger charge is -2.26. The van der Waals surface area contributed by atoms with Crippen LogP contribution in [-0.2, 0) is 17.7 Å². The van der Waals surface area contributed by atoms with E-state index in [-0.39, 0.29) is 12.1 Å². The first-order valence-corrected chi connectivity index (χ1v) is 12.2. The summed E-state index contributed by atoms with van der Waals surface area (Å²) in [6.07, 6.45) is 5.07. The molecule has 1 aliphatic heterocycles. The summed E-state index contributed by atoms with van der Waals surface area (Å²) in [5.74, 6) is -0.405. The Labute approximate surface area is 198 Å². The van der Waals surface area contributed by atoms with E-state index in [1.807, 2.05) is 31.5 Å². The molecule has 7 nitrogen and oxygen atoms in total. The zero-order valence-corrected chi connectivity index (χ0v) is 20.1. The number of nitrogens with zero attached hydrogens (tertiary/aromatic N) is 2. The molecule has 3 aromatic rings. The second kappa shape index (κ2) is 10.2. The van der Waals surface area contributed by atoms with Crippen LogP contribution in [-0.4, -0.2) is 41.2 Å². The van der Waals surface area contributed by atoms with Crippen molar-refractivity contribution in [1.82, 2.24) is 14.8 Å². The van der Waals surface area contributed by atoms with Gasteiger partial charge >= 0.3 is 12.0 Å². The Hall–Kier alpha value is -3.10. The number of anilines is 1. The van der Waals surface area contributed by atoms with Crippen molar-refractivity contribution in [3.05, 3.63) is 70.4 Å². The molecule has 1 aromatic carbocycles. The fourth-order valence-electron chi connectivity index (χ4n) is 4.22. The number of hydrogen-bond acceptors (Lipinski definition) is 5. The second-order valence-electron chi connectivity index (χ2n) is 8.05. The van der Waals surface area contributed by atoms with Crippen LogP contribution in [0.4, 0.5) is 10.5 Å². The number of aromatic nitrogens is 1. The first-order valence-electron chi connectivity index (χ1n) is 11.3. The molecular weight excluding hydrogens is 436 g/mol. The van der Waals surface area contributed by atoms with Gasteiger partial charge in [0.2, 0.25) is 0 Å². The number of urea groups is 1. The van der Waals surface area contributed by atoms with Crippen LogP contribution in [0.1, 0.15) is 53.2 Å². The predicted octanol–water partition coefficient (Wildman–Crippen LogP) is 4.98. The molecule has 2 aromatic heterocycles. The van der Waals surface area contributed by atoms with Crippen molar-refractivity contribution in [2.45, 2.75) is 39.8 Å². The lowest BCUT2D eigenvalue weighted by molar-refractivity contribution is 0.0526. The van der Waals surface area contributed by atoms with Gasteiger partial charge in [0.1, 0.15) is 5.00 Å². The number of carbonyl (C=O) groups excluding carboxylic acids is 2. The van der Waals surface area contributed by atoms with Crippen LogP contribution in [0.5, 0.6) is 0 Å². The zero-order chi connectivity index (χ0) is 23.4. The molecule has 4 rings (SSSR count). The number of carbonyl (C=O) groups is 2. The molecule has 0 spiro atoms. The van der Waals surface area contributed by atoms with E-state index < -0.39 is 5.97 Å². The Morgan fingerprint density at radius 1 is 1.18 bits per heavy atom. The fraction of sp³-hybridized carbons (Fsp3) is 0.360. The smallest absolute Gasteiger partial charge is 0.338 e. The Morgan fingerprint density at radius 3 is 2.70 bits per heavy atom. The van der Waals surface area contributed by atoms with Gasteiger partial charge < -0.3 is 19.9 Å². The topological polar surface area (TPSA) is 75.6 Å². The summed E-state index contributed by atoms with van der Waals surface area (Å²) >= 11 is 1.81. The molecule has 2 N–H and O–H groups in total. The van der Waals surface area contributed by atoms with Crippen LogP contribution in [0.2, 0.25) is 0 Å². The van der Waals surface area contributed by atoms with Crippen molar-refractivity contribution < 1.29 is 14.3 Å². The molecule has 1 atom stereocenters. The van der Waals surface area contributed by atoms with Gasteiger partial charge in [0.25, 0.3) is 0 Å². The minimum atomic E-state index is -0.405. The molecule has 33 heavy (non-hydrogen) atoms. The summed E-state index contributed by atoms with van der Waals surface area (Å²) in [4.78, 5) is 28.7. The maximum absolute atomic E-state index is 12.8. The molecule has 2 amide bonds. The van der Waals surface area contributed by atoms with E-state index in [1.54, 1.807) is 42.5 Å². The normalized spacial score (nSPS) is 14.4. The molecule has 0 radical (unpaired) electrons. The second-order valence-corrected chi connectivity index (χ2v) is 9.14. The van der Waals surface area contributed by atoms with Crippen LogP contribution >= 0.6 is 11.3 Å². The molecule has 1 aliphatic rings. The standard InChI is InChI=1S/C25H30N4O3S/c1-4-28-14-11-20-21(16-28)33-23(29-12-6-7-13-29)22(20)17(3)26-25(31)27-19-10-8-9-18(15-19)24(30)32-5-2/h6-10,12-13,15,17H,4-5,11,14,16H2,1-3H3,(H2,26,27,31)/t17-/m1/s1. The summed E-state index contributed by atoms with van der Waals surface area (Å²) in [6, 6.07) is 10.3. The molecule has 0 saturated carbocycles. The van der Waals surface area contributed by atoms with E-state index in [2.05, 4.69) is 27.0 Å². The van der Waals surface area contributed by atoms with Crippen LogP contribution in [0.25, 0.3) is 5.00 Å². The van der Waals surface area contributed by atoms with Gasteiger partial charge in [-0.2, -0.15) is 0 Å².